The summed E-state index contributed by atoms with van der Waals surface area (Å²) in [7, 11) is 0. The lowest BCUT2D eigenvalue weighted by Gasteiger charge is -2.13. The molecule has 0 saturated carbocycles. The molecule has 0 aliphatic carbocycles. The fourth-order valence-corrected chi connectivity index (χ4v) is 2.58. The van der Waals surface area contributed by atoms with Gasteiger partial charge in [-0.15, -0.1) is 0 Å². The minimum atomic E-state index is 0.580. The first-order valence-corrected chi connectivity index (χ1v) is 8.01. The van der Waals surface area contributed by atoms with Crippen molar-refractivity contribution in [2.24, 2.45) is 0 Å². The van der Waals surface area contributed by atoms with Crippen molar-refractivity contribution in [2.45, 2.75) is 65.8 Å². The third-order valence-corrected chi connectivity index (χ3v) is 3.72. The van der Waals surface area contributed by atoms with E-state index in [0.717, 1.165) is 25.3 Å². The predicted octanol–water partition coefficient (Wildman–Crippen LogP) is 4.67. The van der Waals surface area contributed by atoms with Crippen molar-refractivity contribution in [2.75, 3.05) is 13.2 Å². The summed E-state index contributed by atoms with van der Waals surface area (Å²) < 4.78 is 5.84. The number of benzene rings is 1. The number of unbranched alkanes of at least 4 members (excludes halogenated alkanes) is 1. The van der Waals surface area contributed by atoms with Gasteiger partial charge in [-0.2, -0.15) is 0 Å². The Morgan fingerprint density at radius 2 is 1.90 bits per heavy atom. The molecule has 1 aromatic carbocycles. The molecule has 0 fully saturated rings. The fraction of sp³-hybridized carbons (Fsp3) is 0.667. The molecule has 0 radical (unpaired) electrons. The Labute approximate surface area is 124 Å². The Morgan fingerprint density at radius 1 is 1.15 bits per heavy atom. The normalized spacial score (nSPS) is 12.7. The first-order chi connectivity index (χ1) is 9.54. The van der Waals surface area contributed by atoms with E-state index >= 15 is 0 Å². The van der Waals surface area contributed by atoms with Crippen molar-refractivity contribution in [1.82, 2.24) is 5.32 Å². The van der Waals surface area contributed by atoms with Crippen LogP contribution in [-0.2, 0) is 0 Å². The molecule has 1 atom stereocenters. The van der Waals surface area contributed by atoms with E-state index in [1.165, 1.54) is 24.0 Å². The highest BCUT2D eigenvalue weighted by molar-refractivity contribution is 5.36. The van der Waals surface area contributed by atoms with Crippen molar-refractivity contribution in [3.63, 3.8) is 0 Å². The van der Waals surface area contributed by atoms with Crippen molar-refractivity contribution in [3.05, 3.63) is 29.3 Å². The largest absolute Gasteiger partial charge is 0.494 e. The summed E-state index contributed by atoms with van der Waals surface area (Å²) in [6, 6.07) is 7.08. The Morgan fingerprint density at radius 3 is 2.50 bits per heavy atom. The van der Waals surface area contributed by atoms with Crippen molar-refractivity contribution < 1.29 is 4.74 Å². The van der Waals surface area contributed by atoms with E-state index in [4.69, 9.17) is 4.74 Å². The number of nitrogens with one attached hydrogen (secondary N) is 1. The van der Waals surface area contributed by atoms with Gasteiger partial charge in [0.05, 0.1) is 6.61 Å². The lowest BCUT2D eigenvalue weighted by molar-refractivity contribution is 0.301. The summed E-state index contributed by atoms with van der Waals surface area (Å²) in [6.45, 7) is 12.9. The van der Waals surface area contributed by atoms with Crippen LogP contribution >= 0.6 is 0 Å². The smallest absolute Gasteiger partial charge is 0.119 e. The number of rotatable bonds is 9. The van der Waals surface area contributed by atoms with Gasteiger partial charge in [-0.25, -0.2) is 0 Å². The monoisotopic (exact) mass is 277 g/mol. The molecule has 0 heterocycles. The molecule has 114 valence electrons. The van der Waals surface area contributed by atoms with Gasteiger partial charge in [0.15, 0.2) is 0 Å². The van der Waals surface area contributed by atoms with Crippen LogP contribution in [0.5, 0.6) is 5.75 Å². The van der Waals surface area contributed by atoms with Gasteiger partial charge in [0.2, 0.25) is 0 Å². The lowest BCUT2D eigenvalue weighted by Crippen LogP contribution is -2.25. The Bertz CT molecular complexity index is 387. The zero-order chi connectivity index (χ0) is 15.0. The minimum Gasteiger partial charge on any atom is -0.494 e. The maximum Gasteiger partial charge on any atom is 0.119 e. The summed E-state index contributed by atoms with van der Waals surface area (Å²) in [5.74, 6) is 1.59. The van der Waals surface area contributed by atoms with E-state index in [0.29, 0.717) is 12.0 Å². The maximum atomic E-state index is 5.84. The van der Waals surface area contributed by atoms with Crippen molar-refractivity contribution in [3.8, 4) is 5.75 Å². The van der Waals surface area contributed by atoms with Crippen LogP contribution in [0.3, 0.4) is 0 Å². The molecule has 2 heteroatoms. The molecule has 1 N–H and O–H groups in total. The van der Waals surface area contributed by atoms with Gasteiger partial charge in [-0.3, -0.25) is 0 Å². The third kappa shape index (κ3) is 5.96. The molecular weight excluding hydrogens is 246 g/mol. The molecule has 0 bridgehead atoms. The second-order valence-electron chi connectivity index (χ2n) is 5.98. The topological polar surface area (TPSA) is 21.3 Å². The Kier molecular flexibility index (Phi) is 7.68. The average Bonchev–Trinajstić information content (AvgIpc) is 2.38. The van der Waals surface area contributed by atoms with Crippen LogP contribution in [0.4, 0.5) is 0 Å². The summed E-state index contributed by atoms with van der Waals surface area (Å²) in [5, 5.41) is 3.44. The van der Waals surface area contributed by atoms with Crippen LogP contribution in [0.25, 0.3) is 0 Å². The van der Waals surface area contributed by atoms with Crippen LogP contribution in [0, 0.1) is 6.92 Å². The Hall–Kier alpha value is -1.02. The molecule has 0 spiro atoms. The standard InChI is InChI=1S/C18H31NO/c1-6-19-16(5)9-7-8-12-20-17-10-11-18(14(2)3)15(4)13-17/h10-11,13-14,16,19H,6-9,12H2,1-5H3. The van der Waals surface area contributed by atoms with Gasteiger partial charge < -0.3 is 10.1 Å². The van der Waals surface area contributed by atoms with E-state index in [1.54, 1.807) is 0 Å². The highest BCUT2D eigenvalue weighted by atomic mass is 16.5. The summed E-state index contributed by atoms with van der Waals surface area (Å²) in [5.41, 5.74) is 2.75. The molecule has 20 heavy (non-hydrogen) atoms. The SMILES string of the molecule is CCNC(C)CCCCOc1ccc(C(C)C)c(C)c1. The van der Waals surface area contributed by atoms with E-state index in [-0.39, 0.29) is 0 Å². The van der Waals surface area contributed by atoms with Crippen LogP contribution in [0.1, 0.15) is 64.0 Å². The van der Waals surface area contributed by atoms with E-state index < -0.39 is 0 Å². The predicted molar refractivity (Wildman–Crippen MR) is 87.8 cm³/mol. The number of aryl methyl sites for hydroxylation is 1. The highest BCUT2D eigenvalue weighted by Crippen LogP contribution is 2.23. The van der Waals surface area contributed by atoms with Gasteiger partial charge in [-0.1, -0.05) is 26.8 Å². The molecule has 0 amide bonds. The fourth-order valence-electron chi connectivity index (χ4n) is 2.58. The van der Waals surface area contributed by atoms with Gasteiger partial charge in [0.1, 0.15) is 5.75 Å². The van der Waals surface area contributed by atoms with Gasteiger partial charge >= 0.3 is 0 Å². The molecule has 2 nitrogen and oxygen atoms in total. The van der Waals surface area contributed by atoms with E-state index in [1.807, 2.05) is 0 Å². The number of ether oxygens (including phenoxy) is 1. The maximum absolute atomic E-state index is 5.84. The zero-order valence-corrected chi connectivity index (χ0v) is 13.8. The van der Waals surface area contributed by atoms with Gasteiger partial charge in [0.25, 0.3) is 0 Å². The molecule has 0 aromatic heterocycles. The minimum absolute atomic E-state index is 0.580. The van der Waals surface area contributed by atoms with Crippen LogP contribution in [0.15, 0.2) is 18.2 Å². The second kappa shape index (κ2) is 9.02. The van der Waals surface area contributed by atoms with Crippen molar-refractivity contribution in [1.29, 1.82) is 0 Å². The average molecular weight is 277 g/mol. The highest BCUT2D eigenvalue weighted by Gasteiger charge is 2.05. The molecule has 1 aromatic rings. The summed E-state index contributed by atoms with van der Waals surface area (Å²) in [4.78, 5) is 0. The van der Waals surface area contributed by atoms with E-state index in [2.05, 4.69) is 58.1 Å². The van der Waals surface area contributed by atoms with Crippen LogP contribution in [0.2, 0.25) is 0 Å². The molecular formula is C18H31NO. The molecule has 0 saturated heterocycles. The second-order valence-corrected chi connectivity index (χ2v) is 5.98. The molecule has 0 aliphatic heterocycles. The number of hydrogen-bond acceptors (Lipinski definition) is 2. The first kappa shape index (κ1) is 17.0. The summed E-state index contributed by atoms with van der Waals surface area (Å²) in [6.07, 6.45) is 3.57. The number of hydrogen-bond donors (Lipinski definition) is 1. The van der Waals surface area contributed by atoms with Gasteiger partial charge in [0, 0.05) is 6.04 Å². The lowest BCUT2D eigenvalue weighted by atomic mass is 9.98. The quantitative estimate of drug-likeness (QED) is 0.663. The molecule has 0 aliphatic rings. The first-order valence-electron chi connectivity index (χ1n) is 8.01. The van der Waals surface area contributed by atoms with E-state index in [9.17, 15) is 0 Å². The summed E-state index contributed by atoms with van der Waals surface area (Å²) >= 11 is 0. The molecule has 1 unspecified atom stereocenters. The molecule has 1 rings (SSSR count). The van der Waals surface area contributed by atoms with Gasteiger partial charge in [-0.05, 0) is 68.8 Å². The zero-order valence-electron chi connectivity index (χ0n) is 13.8. The Balaban J connectivity index is 2.27. The van der Waals surface area contributed by atoms with Crippen LogP contribution < -0.4 is 10.1 Å². The third-order valence-electron chi connectivity index (χ3n) is 3.72. The van der Waals surface area contributed by atoms with Crippen molar-refractivity contribution >= 4 is 0 Å². The van der Waals surface area contributed by atoms with Crippen LogP contribution in [-0.4, -0.2) is 19.2 Å².